The molecular formula is C28H19BrN2. The van der Waals surface area contributed by atoms with E-state index in [1.165, 1.54) is 0 Å². The van der Waals surface area contributed by atoms with Gasteiger partial charge in [-0.1, -0.05) is 107 Å². The van der Waals surface area contributed by atoms with Crippen LogP contribution in [0.25, 0.3) is 45.0 Å². The average Bonchev–Trinajstić information content (AvgIpc) is 2.85. The van der Waals surface area contributed by atoms with E-state index in [2.05, 4.69) is 94.8 Å². The number of hydrogen-bond acceptors (Lipinski definition) is 2. The van der Waals surface area contributed by atoms with Gasteiger partial charge in [-0.3, -0.25) is 0 Å². The second-order valence-electron chi connectivity index (χ2n) is 7.28. The van der Waals surface area contributed by atoms with Crippen LogP contribution in [-0.2, 0) is 0 Å². The van der Waals surface area contributed by atoms with E-state index in [9.17, 15) is 0 Å². The molecule has 0 radical (unpaired) electrons. The summed E-state index contributed by atoms with van der Waals surface area (Å²) in [6.45, 7) is 0. The minimum Gasteiger partial charge on any atom is -0.228 e. The van der Waals surface area contributed by atoms with Gasteiger partial charge in [-0.05, 0) is 35.4 Å². The predicted octanol–water partition coefficient (Wildman–Crippen LogP) is 7.91. The maximum atomic E-state index is 4.93. The van der Waals surface area contributed by atoms with Crippen molar-refractivity contribution in [2.75, 3.05) is 0 Å². The minimum atomic E-state index is 0.721. The van der Waals surface area contributed by atoms with Crippen molar-refractivity contribution in [3.05, 3.63) is 120 Å². The van der Waals surface area contributed by atoms with Gasteiger partial charge in [0.05, 0.1) is 11.4 Å². The second kappa shape index (κ2) is 8.66. The number of benzene rings is 4. The molecule has 0 spiro atoms. The first-order valence-electron chi connectivity index (χ1n) is 10.1. The zero-order chi connectivity index (χ0) is 21.0. The van der Waals surface area contributed by atoms with E-state index in [0.29, 0.717) is 0 Å². The smallest absolute Gasteiger partial charge is 0.160 e. The van der Waals surface area contributed by atoms with E-state index in [-0.39, 0.29) is 0 Å². The molecule has 4 aromatic carbocycles. The van der Waals surface area contributed by atoms with E-state index in [1.54, 1.807) is 0 Å². The zero-order valence-corrected chi connectivity index (χ0v) is 18.3. The Kier molecular flexibility index (Phi) is 5.42. The van der Waals surface area contributed by atoms with E-state index in [1.807, 2.05) is 36.4 Å². The first-order chi connectivity index (χ1) is 15.3. The van der Waals surface area contributed by atoms with Crippen LogP contribution in [0.15, 0.2) is 120 Å². The number of hydrogen-bond donors (Lipinski definition) is 0. The lowest BCUT2D eigenvalue weighted by molar-refractivity contribution is 1.18. The van der Waals surface area contributed by atoms with Crippen molar-refractivity contribution in [3.8, 4) is 45.0 Å². The van der Waals surface area contributed by atoms with Crippen molar-refractivity contribution < 1.29 is 0 Å². The largest absolute Gasteiger partial charge is 0.228 e. The molecular weight excluding hydrogens is 444 g/mol. The Morgan fingerprint density at radius 2 is 0.935 bits per heavy atom. The highest BCUT2D eigenvalue weighted by Crippen LogP contribution is 2.30. The van der Waals surface area contributed by atoms with Gasteiger partial charge in [0.25, 0.3) is 0 Å². The highest BCUT2D eigenvalue weighted by Gasteiger charge is 2.11. The SMILES string of the molecule is Brc1ccc(-c2cccc(-c3nc(-c4ccccc4)cc(-c4ccccc4)n3)c2)cc1. The molecule has 5 aromatic rings. The standard InChI is InChI=1S/C28H19BrN2/c29-25-16-14-20(15-17-25)23-12-7-13-24(18-23)28-30-26(21-8-3-1-4-9-21)19-27(31-28)22-10-5-2-6-11-22/h1-19H. The Labute approximate surface area is 190 Å². The molecule has 2 nitrogen and oxygen atoms in total. The molecule has 0 aliphatic carbocycles. The van der Waals surface area contributed by atoms with Crippen LogP contribution >= 0.6 is 15.9 Å². The maximum Gasteiger partial charge on any atom is 0.160 e. The minimum absolute atomic E-state index is 0.721. The fraction of sp³-hybridized carbons (Fsp3) is 0. The lowest BCUT2D eigenvalue weighted by Gasteiger charge is -2.10. The van der Waals surface area contributed by atoms with Crippen LogP contribution in [0.3, 0.4) is 0 Å². The molecule has 0 amide bonds. The highest BCUT2D eigenvalue weighted by molar-refractivity contribution is 9.10. The number of nitrogens with zero attached hydrogens (tertiary/aromatic N) is 2. The van der Waals surface area contributed by atoms with Crippen molar-refractivity contribution in [2.45, 2.75) is 0 Å². The molecule has 0 unspecified atom stereocenters. The molecule has 0 saturated carbocycles. The van der Waals surface area contributed by atoms with Crippen molar-refractivity contribution >= 4 is 15.9 Å². The molecule has 31 heavy (non-hydrogen) atoms. The van der Waals surface area contributed by atoms with Crippen molar-refractivity contribution in [1.29, 1.82) is 0 Å². The van der Waals surface area contributed by atoms with Crippen molar-refractivity contribution in [1.82, 2.24) is 9.97 Å². The molecule has 0 aliphatic rings. The molecule has 5 rings (SSSR count). The molecule has 0 N–H and O–H groups in total. The Balaban J connectivity index is 1.65. The van der Waals surface area contributed by atoms with E-state index >= 15 is 0 Å². The molecule has 0 aliphatic heterocycles. The van der Waals surface area contributed by atoms with Gasteiger partial charge in [-0.25, -0.2) is 9.97 Å². The average molecular weight is 463 g/mol. The predicted molar refractivity (Wildman–Crippen MR) is 131 cm³/mol. The lowest BCUT2D eigenvalue weighted by atomic mass is 10.0. The summed E-state index contributed by atoms with van der Waals surface area (Å²) in [5.74, 6) is 0.721. The van der Waals surface area contributed by atoms with Gasteiger partial charge in [0.2, 0.25) is 0 Å². The van der Waals surface area contributed by atoms with Gasteiger partial charge in [0.15, 0.2) is 5.82 Å². The summed E-state index contributed by atoms with van der Waals surface area (Å²) in [6.07, 6.45) is 0. The van der Waals surface area contributed by atoms with Gasteiger partial charge >= 0.3 is 0 Å². The molecule has 0 atom stereocenters. The van der Waals surface area contributed by atoms with Gasteiger partial charge < -0.3 is 0 Å². The Morgan fingerprint density at radius 1 is 0.419 bits per heavy atom. The summed E-state index contributed by atoms with van der Waals surface area (Å²) in [5, 5.41) is 0. The molecule has 1 aromatic heterocycles. The number of aromatic nitrogens is 2. The van der Waals surface area contributed by atoms with Crippen LogP contribution in [0, 0.1) is 0 Å². The second-order valence-corrected chi connectivity index (χ2v) is 8.20. The normalized spacial score (nSPS) is 10.7. The van der Waals surface area contributed by atoms with Crippen LogP contribution in [-0.4, -0.2) is 9.97 Å². The zero-order valence-electron chi connectivity index (χ0n) is 16.7. The van der Waals surface area contributed by atoms with Gasteiger partial charge in [0, 0.05) is 21.2 Å². The Hall–Kier alpha value is -3.56. The first-order valence-corrected chi connectivity index (χ1v) is 10.9. The fourth-order valence-corrected chi connectivity index (χ4v) is 3.83. The first kappa shape index (κ1) is 19.4. The summed E-state index contributed by atoms with van der Waals surface area (Å²) in [5.41, 5.74) is 7.28. The lowest BCUT2D eigenvalue weighted by Crippen LogP contribution is -1.96. The summed E-state index contributed by atoms with van der Waals surface area (Å²) in [6, 6.07) is 39.3. The van der Waals surface area contributed by atoms with Crippen LogP contribution in [0.5, 0.6) is 0 Å². The van der Waals surface area contributed by atoms with Gasteiger partial charge in [-0.15, -0.1) is 0 Å². The molecule has 0 bridgehead atoms. The van der Waals surface area contributed by atoms with E-state index < -0.39 is 0 Å². The van der Waals surface area contributed by atoms with Crippen molar-refractivity contribution in [2.24, 2.45) is 0 Å². The summed E-state index contributed by atoms with van der Waals surface area (Å²) in [4.78, 5) is 9.86. The summed E-state index contributed by atoms with van der Waals surface area (Å²) in [7, 11) is 0. The third kappa shape index (κ3) is 4.32. The molecule has 0 fully saturated rings. The third-order valence-corrected chi connectivity index (χ3v) is 5.69. The molecule has 1 heterocycles. The topological polar surface area (TPSA) is 25.8 Å². The monoisotopic (exact) mass is 462 g/mol. The maximum absolute atomic E-state index is 4.93. The van der Waals surface area contributed by atoms with E-state index in [4.69, 9.17) is 9.97 Å². The van der Waals surface area contributed by atoms with Crippen LogP contribution in [0.4, 0.5) is 0 Å². The molecule has 0 saturated heterocycles. The van der Waals surface area contributed by atoms with E-state index in [0.717, 1.165) is 49.5 Å². The van der Waals surface area contributed by atoms with Crippen LogP contribution in [0.1, 0.15) is 0 Å². The van der Waals surface area contributed by atoms with Crippen molar-refractivity contribution in [3.63, 3.8) is 0 Å². The molecule has 3 heteroatoms. The number of halogens is 1. The quantitative estimate of drug-likeness (QED) is 0.271. The Bertz CT molecular complexity index is 1260. The van der Waals surface area contributed by atoms with Crippen LogP contribution in [0.2, 0.25) is 0 Å². The van der Waals surface area contributed by atoms with Crippen LogP contribution < -0.4 is 0 Å². The molecule has 148 valence electrons. The van der Waals surface area contributed by atoms with Gasteiger partial charge in [0.1, 0.15) is 0 Å². The highest BCUT2D eigenvalue weighted by atomic mass is 79.9. The Morgan fingerprint density at radius 3 is 1.52 bits per heavy atom. The summed E-state index contributed by atoms with van der Waals surface area (Å²) >= 11 is 3.51. The fourth-order valence-electron chi connectivity index (χ4n) is 3.57. The van der Waals surface area contributed by atoms with Gasteiger partial charge in [-0.2, -0.15) is 0 Å². The summed E-state index contributed by atoms with van der Waals surface area (Å²) < 4.78 is 1.07. The number of rotatable bonds is 4. The third-order valence-electron chi connectivity index (χ3n) is 5.16.